The van der Waals surface area contributed by atoms with E-state index in [2.05, 4.69) is 15.4 Å². The summed E-state index contributed by atoms with van der Waals surface area (Å²) < 4.78 is 8.11. The van der Waals surface area contributed by atoms with Gasteiger partial charge in [0, 0.05) is 34.3 Å². The van der Waals surface area contributed by atoms with Crippen LogP contribution in [0.4, 0.5) is 0 Å². The molecule has 2 aromatic heterocycles. The van der Waals surface area contributed by atoms with Gasteiger partial charge in [0.05, 0.1) is 6.04 Å². The monoisotopic (exact) mass is 546 g/mol. The van der Waals surface area contributed by atoms with Crippen LogP contribution >= 0.6 is 11.6 Å². The number of para-hydroxylation sites is 1. The number of amides is 2. The Morgan fingerprint density at radius 1 is 1.15 bits per heavy atom. The van der Waals surface area contributed by atoms with Crippen LogP contribution in [0.2, 0.25) is 5.02 Å². The molecule has 1 saturated heterocycles. The van der Waals surface area contributed by atoms with Crippen molar-refractivity contribution in [3.05, 3.63) is 70.1 Å². The standard InChI is InChI=1S/C29H31ClN6O3/c1-15-10-21(18(4)36-19(5)28(37)34-17(3)29(36)38)23(24(30)11-15)13-39-25-9-7-8-20-22(12-16(2)33-26(20)25)27-31-14-32-35(27)6/h7-12,14,17-19H,13H2,1-6H3,(H,34,37)/t17-,18-,19+/m0/s1. The first-order valence-corrected chi connectivity index (χ1v) is 13.2. The molecule has 2 aromatic carbocycles. The minimum atomic E-state index is -0.610. The number of pyridine rings is 1. The minimum absolute atomic E-state index is 0.135. The number of piperazine rings is 1. The second-order valence-electron chi connectivity index (χ2n) is 10.1. The van der Waals surface area contributed by atoms with Gasteiger partial charge >= 0.3 is 0 Å². The molecular weight excluding hydrogens is 516 g/mol. The zero-order valence-corrected chi connectivity index (χ0v) is 23.6. The summed E-state index contributed by atoms with van der Waals surface area (Å²) in [7, 11) is 1.85. The van der Waals surface area contributed by atoms with E-state index in [1.807, 2.05) is 64.2 Å². The van der Waals surface area contributed by atoms with Crippen LogP contribution in [0.15, 0.2) is 42.7 Å². The number of nitrogens with one attached hydrogen (secondary N) is 1. The summed E-state index contributed by atoms with van der Waals surface area (Å²) in [5, 5.41) is 8.39. The van der Waals surface area contributed by atoms with E-state index in [4.69, 9.17) is 21.3 Å². The van der Waals surface area contributed by atoms with Crippen molar-refractivity contribution in [1.82, 2.24) is 30.0 Å². The fourth-order valence-corrected chi connectivity index (χ4v) is 5.61. The number of aromatic nitrogens is 4. The second kappa shape index (κ2) is 10.3. The zero-order chi connectivity index (χ0) is 28.0. The summed E-state index contributed by atoms with van der Waals surface area (Å²) in [5.41, 5.74) is 4.99. The molecule has 10 heteroatoms. The quantitative estimate of drug-likeness (QED) is 0.377. The van der Waals surface area contributed by atoms with Crippen LogP contribution in [0, 0.1) is 13.8 Å². The third-order valence-corrected chi connectivity index (χ3v) is 7.61. The Hall–Kier alpha value is -3.98. The van der Waals surface area contributed by atoms with E-state index in [1.54, 1.807) is 23.4 Å². The van der Waals surface area contributed by atoms with Gasteiger partial charge in [0.2, 0.25) is 11.8 Å². The molecule has 3 atom stereocenters. The molecule has 0 bridgehead atoms. The minimum Gasteiger partial charge on any atom is -0.487 e. The van der Waals surface area contributed by atoms with Gasteiger partial charge in [-0.3, -0.25) is 9.59 Å². The first kappa shape index (κ1) is 26.6. The summed E-state index contributed by atoms with van der Waals surface area (Å²) in [6.45, 7) is 9.40. The van der Waals surface area contributed by atoms with Gasteiger partial charge in [-0.05, 0) is 63.9 Å². The zero-order valence-electron chi connectivity index (χ0n) is 22.8. The number of carbonyl (C=O) groups excluding carboxylic acids is 2. The lowest BCUT2D eigenvalue weighted by Gasteiger charge is -2.40. The largest absolute Gasteiger partial charge is 0.487 e. The number of fused-ring (bicyclic) bond motifs is 1. The van der Waals surface area contributed by atoms with Crippen molar-refractivity contribution in [2.75, 3.05) is 0 Å². The molecule has 0 spiro atoms. The molecule has 5 rings (SSSR count). The normalized spacial score (nSPS) is 18.4. The van der Waals surface area contributed by atoms with E-state index < -0.39 is 18.1 Å². The first-order valence-electron chi connectivity index (χ1n) is 12.9. The van der Waals surface area contributed by atoms with Crippen molar-refractivity contribution in [2.45, 2.75) is 59.4 Å². The predicted octanol–water partition coefficient (Wildman–Crippen LogP) is 4.68. The molecule has 1 fully saturated rings. The number of aryl methyl sites for hydroxylation is 3. The molecular formula is C29H31ClN6O3. The van der Waals surface area contributed by atoms with E-state index in [-0.39, 0.29) is 18.4 Å². The third-order valence-electron chi connectivity index (χ3n) is 7.28. The van der Waals surface area contributed by atoms with Crippen molar-refractivity contribution < 1.29 is 14.3 Å². The van der Waals surface area contributed by atoms with E-state index in [0.29, 0.717) is 16.3 Å². The average molecular weight is 547 g/mol. The molecule has 0 radical (unpaired) electrons. The molecule has 2 amide bonds. The SMILES string of the molecule is Cc1cc(Cl)c(COc2cccc3c(-c4ncnn4C)cc(C)nc23)c([C@H](C)N2C(=O)[C@H](C)NC(=O)[C@H]2C)c1. The Morgan fingerprint density at radius 2 is 1.92 bits per heavy atom. The number of halogens is 1. The molecule has 9 nitrogen and oxygen atoms in total. The van der Waals surface area contributed by atoms with E-state index in [9.17, 15) is 9.59 Å². The molecule has 3 heterocycles. The van der Waals surface area contributed by atoms with Gasteiger partial charge < -0.3 is 15.0 Å². The van der Waals surface area contributed by atoms with Crippen molar-refractivity contribution >= 4 is 34.3 Å². The number of carbonyl (C=O) groups is 2. The van der Waals surface area contributed by atoms with Gasteiger partial charge in [-0.2, -0.15) is 5.10 Å². The van der Waals surface area contributed by atoms with Gasteiger partial charge in [0.25, 0.3) is 0 Å². The molecule has 4 aromatic rings. The number of rotatable bonds is 6. The van der Waals surface area contributed by atoms with Gasteiger partial charge in [0.1, 0.15) is 36.3 Å². The van der Waals surface area contributed by atoms with Crippen LogP contribution < -0.4 is 10.1 Å². The fourth-order valence-electron chi connectivity index (χ4n) is 5.28. The second-order valence-corrected chi connectivity index (χ2v) is 10.5. The highest BCUT2D eigenvalue weighted by Gasteiger charge is 2.39. The summed E-state index contributed by atoms with van der Waals surface area (Å²) in [4.78, 5) is 36.5. The van der Waals surface area contributed by atoms with Crippen LogP contribution in [0.1, 0.15) is 49.2 Å². The van der Waals surface area contributed by atoms with Crippen molar-refractivity contribution in [1.29, 1.82) is 0 Å². The molecule has 39 heavy (non-hydrogen) atoms. The maximum absolute atomic E-state index is 13.1. The Morgan fingerprint density at radius 3 is 2.64 bits per heavy atom. The molecule has 202 valence electrons. The third kappa shape index (κ3) is 4.83. The van der Waals surface area contributed by atoms with Crippen molar-refractivity contribution in [3.8, 4) is 17.1 Å². The van der Waals surface area contributed by atoms with Crippen LogP contribution in [0.5, 0.6) is 5.75 Å². The number of ether oxygens (including phenoxy) is 1. The van der Waals surface area contributed by atoms with Gasteiger partial charge in [-0.15, -0.1) is 0 Å². The summed E-state index contributed by atoms with van der Waals surface area (Å²) in [6, 6.07) is 10.1. The number of benzene rings is 2. The Kier molecular flexibility index (Phi) is 7.03. The van der Waals surface area contributed by atoms with Crippen molar-refractivity contribution in [3.63, 3.8) is 0 Å². The smallest absolute Gasteiger partial charge is 0.246 e. The summed E-state index contributed by atoms with van der Waals surface area (Å²) in [6.07, 6.45) is 1.53. The van der Waals surface area contributed by atoms with Crippen molar-refractivity contribution in [2.24, 2.45) is 7.05 Å². The van der Waals surface area contributed by atoms with Gasteiger partial charge in [-0.25, -0.2) is 14.6 Å². The lowest BCUT2D eigenvalue weighted by molar-refractivity contribution is -0.150. The van der Waals surface area contributed by atoms with Gasteiger partial charge in [0.15, 0.2) is 5.82 Å². The lowest BCUT2D eigenvalue weighted by Crippen LogP contribution is -2.61. The molecule has 1 N–H and O–H groups in total. The Labute approximate surface area is 232 Å². The van der Waals surface area contributed by atoms with E-state index >= 15 is 0 Å². The average Bonchev–Trinajstić information content (AvgIpc) is 3.31. The molecule has 0 saturated carbocycles. The number of nitrogens with zero attached hydrogens (tertiary/aromatic N) is 5. The molecule has 1 aliphatic heterocycles. The van der Waals surface area contributed by atoms with Crippen LogP contribution in [-0.2, 0) is 23.2 Å². The lowest BCUT2D eigenvalue weighted by atomic mass is 9.95. The van der Waals surface area contributed by atoms with Crippen LogP contribution in [0.3, 0.4) is 0 Å². The molecule has 1 aliphatic rings. The Bertz CT molecular complexity index is 1600. The topological polar surface area (TPSA) is 102 Å². The maximum atomic E-state index is 13.1. The van der Waals surface area contributed by atoms with E-state index in [0.717, 1.165) is 39.2 Å². The number of hydrogen-bond acceptors (Lipinski definition) is 6. The molecule has 0 unspecified atom stereocenters. The fraction of sp³-hybridized carbons (Fsp3) is 0.345. The highest BCUT2D eigenvalue weighted by Crippen LogP contribution is 2.36. The highest BCUT2D eigenvalue weighted by molar-refractivity contribution is 6.31. The maximum Gasteiger partial charge on any atom is 0.246 e. The van der Waals surface area contributed by atoms with Crippen LogP contribution in [0.25, 0.3) is 22.3 Å². The Balaban J connectivity index is 1.53. The first-order chi connectivity index (χ1) is 18.6. The van der Waals surface area contributed by atoms with E-state index in [1.165, 1.54) is 6.33 Å². The molecule has 0 aliphatic carbocycles. The summed E-state index contributed by atoms with van der Waals surface area (Å²) >= 11 is 6.77. The number of hydrogen-bond donors (Lipinski definition) is 1. The van der Waals surface area contributed by atoms with Crippen LogP contribution in [-0.4, -0.2) is 48.5 Å². The predicted molar refractivity (Wildman–Crippen MR) is 149 cm³/mol. The van der Waals surface area contributed by atoms with Gasteiger partial charge in [-0.1, -0.05) is 29.8 Å². The highest BCUT2D eigenvalue weighted by atomic mass is 35.5. The summed E-state index contributed by atoms with van der Waals surface area (Å²) in [5.74, 6) is 1.02.